The molecule has 1 saturated heterocycles. The van der Waals surface area contributed by atoms with E-state index in [0.717, 1.165) is 0 Å². The number of nitrogens with one attached hydrogen (secondary N) is 1. The highest BCUT2D eigenvalue weighted by molar-refractivity contribution is 5.94. The van der Waals surface area contributed by atoms with E-state index in [1.165, 1.54) is 13.0 Å². The van der Waals surface area contributed by atoms with Gasteiger partial charge in [0, 0.05) is 18.7 Å². The molecule has 1 amide bonds. The minimum absolute atomic E-state index is 0.0798. The molecule has 4 nitrogen and oxygen atoms in total. The Morgan fingerprint density at radius 1 is 1.53 bits per heavy atom. The minimum atomic E-state index is -0.458. The van der Waals surface area contributed by atoms with Crippen LogP contribution in [0.1, 0.15) is 30.6 Å². The lowest BCUT2D eigenvalue weighted by Gasteiger charge is -2.36. The van der Waals surface area contributed by atoms with Gasteiger partial charge in [0.1, 0.15) is 11.9 Å². The lowest BCUT2D eigenvalue weighted by Crippen LogP contribution is -2.55. The van der Waals surface area contributed by atoms with Gasteiger partial charge in [-0.05, 0) is 31.5 Å². The molecule has 1 heterocycles. The molecule has 1 aliphatic rings. The number of carbonyl (C=O) groups is 2. The average molecular weight is 264 g/mol. The average Bonchev–Trinajstić information content (AvgIpc) is 2.38. The SMILES string of the molecule is CCC1C(=O)NCCN1c1ccc(C(C)=O)cc1F. The maximum Gasteiger partial charge on any atom is 0.242 e. The fraction of sp³-hybridized carbons (Fsp3) is 0.429. The zero-order valence-electron chi connectivity index (χ0n) is 11.1. The summed E-state index contributed by atoms with van der Waals surface area (Å²) >= 11 is 0. The van der Waals surface area contributed by atoms with Crippen molar-refractivity contribution in [2.45, 2.75) is 26.3 Å². The highest BCUT2D eigenvalue weighted by atomic mass is 19.1. The molecule has 1 atom stereocenters. The third-order valence-electron chi connectivity index (χ3n) is 3.38. The number of nitrogens with zero attached hydrogens (tertiary/aromatic N) is 1. The number of Topliss-reactive ketones (excluding diaryl/α,β-unsaturated/α-hetero) is 1. The molecule has 0 saturated carbocycles. The summed E-state index contributed by atoms with van der Waals surface area (Å²) in [6.45, 7) is 4.37. The first-order valence-corrected chi connectivity index (χ1v) is 6.39. The van der Waals surface area contributed by atoms with Crippen LogP contribution in [-0.4, -0.2) is 30.8 Å². The standard InChI is InChI=1S/C14H17FN2O2/c1-3-12-14(19)16-6-7-17(12)13-5-4-10(9(2)18)8-11(13)15/h4-5,8,12H,3,6-7H2,1-2H3,(H,16,19). The highest BCUT2D eigenvalue weighted by Gasteiger charge is 2.29. The number of carbonyl (C=O) groups excluding carboxylic acids is 2. The molecule has 0 aromatic heterocycles. The van der Waals surface area contributed by atoms with Crippen molar-refractivity contribution in [3.8, 4) is 0 Å². The van der Waals surface area contributed by atoms with E-state index in [9.17, 15) is 14.0 Å². The molecule has 1 aromatic rings. The van der Waals surface area contributed by atoms with E-state index in [2.05, 4.69) is 5.32 Å². The van der Waals surface area contributed by atoms with Crippen molar-refractivity contribution in [1.82, 2.24) is 5.32 Å². The lowest BCUT2D eigenvalue weighted by atomic mass is 10.1. The van der Waals surface area contributed by atoms with Crippen LogP contribution in [0.3, 0.4) is 0 Å². The van der Waals surface area contributed by atoms with Gasteiger partial charge < -0.3 is 10.2 Å². The number of benzene rings is 1. The van der Waals surface area contributed by atoms with Crippen LogP contribution in [0.4, 0.5) is 10.1 Å². The molecule has 0 spiro atoms. The summed E-state index contributed by atoms with van der Waals surface area (Å²) in [5.41, 5.74) is 0.724. The number of halogens is 1. The quantitative estimate of drug-likeness (QED) is 0.846. The fourth-order valence-electron chi connectivity index (χ4n) is 2.37. The third kappa shape index (κ3) is 2.59. The van der Waals surface area contributed by atoms with Gasteiger partial charge >= 0.3 is 0 Å². The largest absolute Gasteiger partial charge is 0.355 e. The zero-order valence-corrected chi connectivity index (χ0v) is 11.1. The molecule has 102 valence electrons. The number of amides is 1. The number of ketones is 1. The molecule has 0 radical (unpaired) electrons. The van der Waals surface area contributed by atoms with Gasteiger partial charge in [-0.25, -0.2) is 4.39 Å². The summed E-state index contributed by atoms with van der Waals surface area (Å²) in [7, 11) is 0. The number of piperazine rings is 1. The van der Waals surface area contributed by atoms with E-state index >= 15 is 0 Å². The molecule has 5 heteroatoms. The van der Waals surface area contributed by atoms with Crippen molar-refractivity contribution in [3.63, 3.8) is 0 Å². The van der Waals surface area contributed by atoms with Crippen LogP contribution in [0.2, 0.25) is 0 Å². The predicted octanol–water partition coefficient (Wildman–Crippen LogP) is 1.74. The van der Waals surface area contributed by atoms with Gasteiger partial charge in [-0.15, -0.1) is 0 Å². The number of hydrogen-bond acceptors (Lipinski definition) is 3. The maximum atomic E-state index is 14.1. The van der Waals surface area contributed by atoms with Crippen LogP contribution in [0, 0.1) is 5.82 Å². The van der Waals surface area contributed by atoms with Crippen molar-refractivity contribution in [1.29, 1.82) is 0 Å². The maximum absolute atomic E-state index is 14.1. The molecule has 0 aliphatic carbocycles. The number of rotatable bonds is 3. The Kier molecular flexibility index (Phi) is 3.83. The van der Waals surface area contributed by atoms with Crippen LogP contribution in [0.25, 0.3) is 0 Å². The predicted molar refractivity (Wildman–Crippen MR) is 70.8 cm³/mol. The summed E-state index contributed by atoms with van der Waals surface area (Å²) in [6, 6.07) is 4.05. The topological polar surface area (TPSA) is 49.4 Å². The number of anilines is 1. The summed E-state index contributed by atoms with van der Waals surface area (Å²) in [4.78, 5) is 24.7. The molecule has 0 bridgehead atoms. The van der Waals surface area contributed by atoms with Gasteiger partial charge in [-0.1, -0.05) is 6.92 Å². The second kappa shape index (κ2) is 5.38. The van der Waals surface area contributed by atoms with E-state index in [0.29, 0.717) is 30.8 Å². The van der Waals surface area contributed by atoms with Gasteiger partial charge in [0.25, 0.3) is 0 Å². The number of hydrogen-bond donors (Lipinski definition) is 1. The van der Waals surface area contributed by atoms with E-state index in [-0.39, 0.29) is 17.7 Å². The van der Waals surface area contributed by atoms with Crippen molar-refractivity contribution < 1.29 is 14.0 Å². The summed E-state index contributed by atoms with van der Waals surface area (Å²) in [6.07, 6.45) is 0.611. The third-order valence-corrected chi connectivity index (χ3v) is 3.38. The Morgan fingerprint density at radius 2 is 2.26 bits per heavy atom. The molecule has 1 N–H and O–H groups in total. The fourth-order valence-corrected chi connectivity index (χ4v) is 2.37. The van der Waals surface area contributed by atoms with Gasteiger partial charge in [0.05, 0.1) is 5.69 Å². The smallest absolute Gasteiger partial charge is 0.242 e. The minimum Gasteiger partial charge on any atom is -0.355 e. The van der Waals surface area contributed by atoms with Gasteiger partial charge in [0.15, 0.2) is 5.78 Å². The molecule has 1 fully saturated rings. The molecule has 1 unspecified atom stereocenters. The van der Waals surface area contributed by atoms with Gasteiger partial charge in [-0.2, -0.15) is 0 Å². The monoisotopic (exact) mass is 264 g/mol. The van der Waals surface area contributed by atoms with E-state index in [4.69, 9.17) is 0 Å². The van der Waals surface area contributed by atoms with Gasteiger partial charge in [0.2, 0.25) is 5.91 Å². The Hall–Kier alpha value is -1.91. The summed E-state index contributed by atoms with van der Waals surface area (Å²) in [5.74, 6) is -0.710. The van der Waals surface area contributed by atoms with E-state index in [1.54, 1.807) is 17.0 Å². The Bertz CT molecular complexity index is 516. The van der Waals surface area contributed by atoms with Crippen molar-refractivity contribution in [2.75, 3.05) is 18.0 Å². The Balaban J connectivity index is 2.35. The van der Waals surface area contributed by atoms with Crippen LogP contribution in [-0.2, 0) is 4.79 Å². The second-order valence-electron chi connectivity index (χ2n) is 4.63. The van der Waals surface area contributed by atoms with Crippen molar-refractivity contribution >= 4 is 17.4 Å². The highest BCUT2D eigenvalue weighted by Crippen LogP contribution is 2.25. The van der Waals surface area contributed by atoms with Crippen molar-refractivity contribution in [2.24, 2.45) is 0 Å². The van der Waals surface area contributed by atoms with Crippen LogP contribution in [0.5, 0.6) is 0 Å². The molecule has 2 rings (SSSR count). The lowest BCUT2D eigenvalue weighted by molar-refractivity contribution is -0.123. The molecule has 19 heavy (non-hydrogen) atoms. The van der Waals surface area contributed by atoms with Crippen molar-refractivity contribution in [3.05, 3.63) is 29.6 Å². The normalized spacial score (nSPS) is 19.2. The first kappa shape index (κ1) is 13.5. The first-order chi connectivity index (χ1) is 9.04. The molecular formula is C14H17FN2O2. The zero-order chi connectivity index (χ0) is 14.0. The first-order valence-electron chi connectivity index (χ1n) is 6.39. The summed E-state index contributed by atoms with van der Waals surface area (Å²) in [5, 5.41) is 2.77. The molecule has 1 aromatic carbocycles. The van der Waals surface area contributed by atoms with Crippen LogP contribution >= 0.6 is 0 Å². The van der Waals surface area contributed by atoms with Gasteiger partial charge in [-0.3, -0.25) is 9.59 Å². The second-order valence-corrected chi connectivity index (χ2v) is 4.63. The Labute approximate surface area is 111 Å². The van der Waals surface area contributed by atoms with Crippen LogP contribution in [0.15, 0.2) is 18.2 Å². The van der Waals surface area contributed by atoms with Crippen LogP contribution < -0.4 is 10.2 Å². The van der Waals surface area contributed by atoms with E-state index < -0.39 is 5.82 Å². The molecule has 1 aliphatic heterocycles. The van der Waals surface area contributed by atoms with E-state index in [1.807, 2.05) is 6.92 Å². The summed E-state index contributed by atoms with van der Waals surface area (Å²) < 4.78 is 14.1. The molecular weight excluding hydrogens is 247 g/mol. The Morgan fingerprint density at radius 3 is 2.84 bits per heavy atom.